The van der Waals surface area contributed by atoms with Gasteiger partial charge in [-0.05, 0) is 31.2 Å². The third kappa shape index (κ3) is 3.87. The normalized spacial score (nSPS) is 10.4. The molecule has 0 aliphatic rings. The smallest absolute Gasteiger partial charge is 0.288 e. The SMILES string of the molecule is CCNC(=O)c1ccc(SC(F)F)cc1. The Labute approximate surface area is 91.1 Å². The second kappa shape index (κ2) is 5.70. The Kier molecular flexibility index (Phi) is 4.55. The highest BCUT2D eigenvalue weighted by molar-refractivity contribution is 7.99. The lowest BCUT2D eigenvalue weighted by molar-refractivity contribution is 0.0956. The zero-order valence-corrected chi connectivity index (χ0v) is 8.98. The van der Waals surface area contributed by atoms with E-state index in [1.54, 1.807) is 0 Å². The monoisotopic (exact) mass is 231 g/mol. The highest BCUT2D eigenvalue weighted by Gasteiger charge is 2.07. The van der Waals surface area contributed by atoms with Crippen LogP contribution in [0.25, 0.3) is 0 Å². The van der Waals surface area contributed by atoms with Crippen molar-refractivity contribution in [3.05, 3.63) is 29.8 Å². The van der Waals surface area contributed by atoms with Crippen molar-refractivity contribution < 1.29 is 13.6 Å². The third-order valence-electron chi connectivity index (χ3n) is 1.68. The lowest BCUT2D eigenvalue weighted by atomic mass is 10.2. The second-order valence-electron chi connectivity index (χ2n) is 2.76. The number of halogens is 2. The Morgan fingerprint density at radius 2 is 2.00 bits per heavy atom. The molecule has 0 bridgehead atoms. The molecule has 1 aromatic carbocycles. The first-order valence-corrected chi connectivity index (χ1v) is 5.34. The van der Waals surface area contributed by atoms with Gasteiger partial charge in [0.25, 0.3) is 11.7 Å². The first kappa shape index (κ1) is 12.0. The van der Waals surface area contributed by atoms with Crippen LogP contribution in [0.2, 0.25) is 0 Å². The summed E-state index contributed by atoms with van der Waals surface area (Å²) in [6.07, 6.45) is 0. The summed E-state index contributed by atoms with van der Waals surface area (Å²) in [5.41, 5.74) is 0.482. The predicted octanol–water partition coefficient (Wildman–Crippen LogP) is 2.75. The van der Waals surface area contributed by atoms with Gasteiger partial charge in [0, 0.05) is 17.0 Å². The molecular weight excluding hydrogens is 220 g/mol. The minimum atomic E-state index is -2.43. The van der Waals surface area contributed by atoms with Gasteiger partial charge in [-0.25, -0.2) is 0 Å². The summed E-state index contributed by atoms with van der Waals surface area (Å²) in [5.74, 6) is -2.62. The van der Waals surface area contributed by atoms with Crippen molar-refractivity contribution in [2.45, 2.75) is 17.6 Å². The number of hydrogen-bond donors (Lipinski definition) is 1. The number of nitrogens with one attached hydrogen (secondary N) is 1. The van der Waals surface area contributed by atoms with Gasteiger partial charge in [0.05, 0.1) is 0 Å². The molecule has 0 radical (unpaired) electrons. The molecule has 1 amide bonds. The van der Waals surface area contributed by atoms with Crippen molar-refractivity contribution in [3.63, 3.8) is 0 Å². The van der Waals surface area contributed by atoms with Crippen molar-refractivity contribution in [2.75, 3.05) is 6.54 Å². The highest BCUT2D eigenvalue weighted by Crippen LogP contribution is 2.24. The van der Waals surface area contributed by atoms with Crippen molar-refractivity contribution in [1.29, 1.82) is 0 Å². The molecule has 1 aromatic rings. The molecule has 1 N–H and O–H groups in total. The summed E-state index contributed by atoms with van der Waals surface area (Å²) in [5, 5.41) is 2.63. The molecule has 0 saturated carbocycles. The van der Waals surface area contributed by atoms with Crippen molar-refractivity contribution in [2.24, 2.45) is 0 Å². The number of alkyl halides is 2. The zero-order valence-electron chi connectivity index (χ0n) is 8.17. The largest absolute Gasteiger partial charge is 0.352 e. The summed E-state index contributed by atoms with van der Waals surface area (Å²) in [4.78, 5) is 11.8. The number of rotatable bonds is 4. The molecule has 15 heavy (non-hydrogen) atoms. The molecule has 0 fully saturated rings. The van der Waals surface area contributed by atoms with E-state index in [0.717, 1.165) is 0 Å². The van der Waals surface area contributed by atoms with Gasteiger partial charge in [-0.1, -0.05) is 11.8 Å². The highest BCUT2D eigenvalue weighted by atomic mass is 32.2. The summed E-state index contributed by atoms with van der Waals surface area (Å²) in [6.45, 7) is 2.37. The van der Waals surface area contributed by atoms with Crippen LogP contribution in [0, 0.1) is 0 Å². The van der Waals surface area contributed by atoms with E-state index >= 15 is 0 Å². The maximum atomic E-state index is 12.0. The topological polar surface area (TPSA) is 29.1 Å². The molecule has 0 unspecified atom stereocenters. The van der Waals surface area contributed by atoms with E-state index in [0.29, 0.717) is 28.8 Å². The van der Waals surface area contributed by atoms with Crippen LogP contribution in [0.1, 0.15) is 17.3 Å². The molecule has 2 nitrogen and oxygen atoms in total. The van der Waals surface area contributed by atoms with Crippen LogP contribution in [0.15, 0.2) is 29.2 Å². The van der Waals surface area contributed by atoms with E-state index in [1.165, 1.54) is 24.3 Å². The molecule has 82 valence electrons. The molecule has 5 heteroatoms. The maximum absolute atomic E-state index is 12.0. The Bertz CT molecular complexity index is 327. The van der Waals surface area contributed by atoms with Gasteiger partial charge >= 0.3 is 0 Å². The average molecular weight is 231 g/mol. The van der Waals surface area contributed by atoms with Gasteiger partial charge in [-0.3, -0.25) is 4.79 Å². The number of carbonyl (C=O) groups is 1. The Balaban J connectivity index is 2.67. The zero-order chi connectivity index (χ0) is 11.3. The number of benzene rings is 1. The Morgan fingerprint density at radius 3 is 2.47 bits per heavy atom. The van der Waals surface area contributed by atoms with Crippen LogP contribution in [0.5, 0.6) is 0 Å². The second-order valence-corrected chi connectivity index (χ2v) is 3.83. The molecule has 0 aliphatic carbocycles. The van der Waals surface area contributed by atoms with E-state index < -0.39 is 5.76 Å². The van der Waals surface area contributed by atoms with E-state index in [4.69, 9.17) is 0 Å². The van der Waals surface area contributed by atoms with Crippen LogP contribution >= 0.6 is 11.8 Å². The van der Waals surface area contributed by atoms with Gasteiger partial charge in [0.1, 0.15) is 0 Å². The summed E-state index contributed by atoms with van der Waals surface area (Å²) in [6, 6.07) is 6.11. The van der Waals surface area contributed by atoms with Gasteiger partial charge < -0.3 is 5.32 Å². The van der Waals surface area contributed by atoms with Crippen LogP contribution in [0.3, 0.4) is 0 Å². The minimum absolute atomic E-state index is 0.189. The van der Waals surface area contributed by atoms with Crippen LogP contribution in [0.4, 0.5) is 8.78 Å². The lowest BCUT2D eigenvalue weighted by Crippen LogP contribution is -2.22. The first-order chi connectivity index (χ1) is 7.13. The number of thioether (sulfide) groups is 1. The van der Waals surface area contributed by atoms with Crippen LogP contribution in [-0.2, 0) is 0 Å². The molecular formula is C10H11F2NOS. The van der Waals surface area contributed by atoms with Crippen LogP contribution < -0.4 is 5.32 Å². The maximum Gasteiger partial charge on any atom is 0.288 e. The lowest BCUT2D eigenvalue weighted by Gasteiger charge is -2.03. The van der Waals surface area contributed by atoms with Crippen molar-refractivity contribution in [3.8, 4) is 0 Å². The number of amides is 1. The van der Waals surface area contributed by atoms with Gasteiger partial charge in [0.2, 0.25) is 0 Å². The molecule has 0 aliphatic heterocycles. The summed E-state index contributed by atoms with van der Waals surface area (Å²) < 4.78 is 24.0. The Morgan fingerprint density at radius 1 is 1.40 bits per heavy atom. The Hall–Kier alpha value is -1.10. The van der Waals surface area contributed by atoms with E-state index in [-0.39, 0.29) is 5.91 Å². The van der Waals surface area contributed by atoms with Crippen molar-refractivity contribution >= 4 is 17.7 Å². The fraction of sp³-hybridized carbons (Fsp3) is 0.300. The molecule has 0 spiro atoms. The third-order valence-corrected chi connectivity index (χ3v) is 2.40. The van der Waals surface area contributed by atoms with Crippen molar-refractivity contribution in [1.82, 2.24) is 5.32 Å². The number of hydrogen-bond acceptors (Lipinski definition) is 2. The van der Waals surface area contributed by atoms with Crippen LogP contribution in [-0.4, -0.2) is 18.2 Å². The minimum Gasteiger partial charge on any atom is -0.352 e. The summed E-state index contributed by atoms with van der Waals surface area (Å²) >= 11 is 0.467. The molecule has 0 aromatic heterocycles. The standard InChI is InChI=1S/C10H11F2NOS/c1-2-13-9(14)7-3-5-8(6-4-7)15-10(11)12/h3-6,10H,2H2,1H3,(H,13,14). The van der Waals surface area contributed by atoms with Gasteiger partial charge in [0.15, 0.2) is 0 Å². The fourth-order valence-corrected chi connectivity index (χ4v) is 1.55. The molecule has 1 rings (SSSR count). The van der Waals surface area contributed by atoms with E-state index in [1.807, 2.05) is 6.92 Å². The molecule has 0 heterocycles. The predicted molar refractivity (Wildman–Crippen MR) is 56.3 cm³/mol. The average Bonchev–Trinajstić information content (AvgIpc) is 2.18. The van der Waals surface area contributed by atoms with E-state index in [2.05, 4.69) is 5.32 Å². The molecule has 0 atom stereocenters. The van der Waals surface area contributed by atoms with E-state index in [9.17, 15) is 13.6 Å². The molecule has 0 saturated heterocycles. The number of carbonyl (C=O) groups excluding carboxylic acids is 1. The quantitative estimate of drug-likeness (QED) is 0.807. The summed E-state index contributed by atoms with van der Waals surface area (Å²) in [7, 11) is 0. The fourth-order valence-electron chi connectivity index (χ4n) is 1.05. The van der Waals surface area contributed by atoms with Gasteiger partial charge in [-0.2, -0.15) is 8.78 Å². The van der Waals surface area contributed by atoms with Gasteiger partial charge in [-0.15, -0.1) is 0 Å². The first-order valence-electron chi connectivity index (χ1n) is 4.46.